The van der Waals surface area contributed by atoms with Crippen molar-refractivity contribution in [3.8, 4) is 0 Å². The van der Waals surface area contributed by atoms with Gasteiger partial charge in [-0.15, -0.1) is 0 Å². The van der Waals surface area contributed by atoms with Crippen LogP contribution in [-0.2, 0) is 16.0 Å². The molecule has 124 valence electrons. The molecule has 2 aliphatic rings. The number of carbonyl (C=O) groups is 2. The van der Waals surface area contributed by atoms with Crippen LogP contribution in [0.3, 0.4) is 0 Å². The number of imide groups is 1. The third kappa shape index (κ3) is 3.52. The first kappa shape index (κ1) is 16.3. The molecule has 2 saturated heterocycles. The SMILES string of the molecule is O=C1CN(N2CCOCC2)C(=O)N1C(CS)Cc1ccccc1. The van der Waals surface area contributed by atoms with Gasteiger partial charge in [0.25, 0.3) is 5.91 Å². The largest absolute Gasteiger partial charge is 0.379 e. The Balaban J connectivity index is 1.72. The maximum atomic E-state index is 12.7. The molecule has 1 atom stereocenters. The summed E-state index contributed by atoms with van der Waals surface area (Å²) in [5.41, 5.74) is 1.09. The third-order valence-electron chi connectivity index (χ3n) is 4.20. The van der Waals surface area contributed by atoms with Crippen LogP contribution < -0.4 is 0 Å². The number of morpholine rings is 1. The molecule has 1 unspecified atom stereocenters. The molecule has 1 aromatic carbocycles. The molecule has 0 aromatic heterocycles. The Bertz CT molecular complexity index is 563. The number of hydrogen-bond donors (Lipinski definition) is 1. The summed E-state index contributed by atoms with van der Waals surface area (Å²) in [7, 11) is 0. The van der Waals surface area contributed by atoms with Crippen LogP contribution in [0.5, 0.6) is 0 Å². The number of urea groups is 1. The zero-order valence-corrected chi connectivity index (χ0v) is 13.8. The van der Waals surface area contributed by atoms with E-state index >= 15 is 0 Å². The van der Waals surface area contributed by atoms with E-state index in [1.807, 2.05) is 35.3 Å². The second kappa shape index (κ2) is 7.33. The van der Waals surface area contributed by atoms with E-state index in [-0.39, 0.29) is 24.5 Å². The molecule has 0 bridgehead atoms. The molecule has 0 radical (unpaired) electrons. The molecule has 3 amide bonds. The molecule has 3 rings (SSSR count). The van der Waals surface area contributed by atoms with Crippen LogP contribution >= 0.6 is 12.6 Å². The molecule has 23 heavy (non-hydrogen) atoms. The molecule has 0 saturated carbocycles. The van der Waals surface area contributed by atoms with Crippen LogP contribution in [-0.4, -0.2) is 71.5 Å². The fourth-order valence-electron chi connectivity index (χ4n) is 3.00. The number of hydrogen-bond acceptors (Lipinski definition) is 5. The highest BCUT2D eigenvalue weighted by atomic mass is 32.1. The predicted octanol–water partition coefficient (Wildman–Crippen LogP) is 1.04. The topological polar surface area (TPSA) is 53.1 Å². The first-order valence-electron chi connectivity index (χ1n) is 7.81. The van der Waals surface area contributed by atoms with Crippen LogP contribution in [0.2, 0.25) is 0 Å². The quantitative estimate of drug-likeness (QED) is 0.645. The molecule has 1 aromatic rings. The average Bonchev–Trinajstić information content (AvgIpc) is 2.89. The van der Waals surface area contributed by atoms with Gasteiger partial charge in [-0.25, -0.2) is 14.8 Å². The summed E-state index contributed by atoms with van der Waals surface area (Å²) in [5.74, 6) is 0.292. The number of nitrogens with zero attached hydrogens (tertiary/aromatic N) is 3. The summed E-state index contributed by atoms with van der Waals surface area (Å²) in [4.78, 5) is 26.5. The maximum Gasteiger partial charge on any atom is 0.342 e. The van der Waals surface area contributed by atoms with Crippen molar-refractivity contribution in [1.82, 2.24) is 14.9 Å². The summed E-state index contributed by atoms with van der Waals surface area (Å²) in [6, 6.07) is 9.39. The fraction of sp³-hybridized carbons (Fsp3) is 0.500. The molecule has 0 aliphatic carbocycles. The van der Waals surface area contributed by atoms with Crippen molar-refractivity contribution in [2.75, 3.05) is 38.6 Å². The van der Waals surface area contributed by atoms with E-state index in [0.29, 0.717) is 38.5 Å². The monoisotopic (exact) mass is 335 g/mol. The van der Waals surface area contributed by atoms with Gasteiger partial charge in [0.15, 0.2) is 0 Å². The summed E-state index contributed by atoms with van der Waals surface area (Å²) in [6.07, 6.45) is 0.624. The lowest BCUT2D eigenvalue weighted by molar-refractivity contribution is -0.128. The molecule has 0 spiro atoms. The number of thiol groups is 1. The van der Waals surface area contributed by atoms with Crippen molar-refractivity contribution in [3.05, 3.63) is 35.9 Å². The van der Waals surface area contributed by atoms with Crippen LogP contribution in [0.15, 0.2) is 30.3 Å². The van der Waals surface area contributed by atoms with Gasteiger partial charge in [0.05, 0.1) is 19.3 Å². The van der Waals surface area contributed by atoms with Gasteiger partial charge >= 0.3 is 6.03 Å². The molecule has 0 N–H and O–H groups in total. The van der Waals surface area contributed by atoms with Crippen LogP contribution in [0.4, 0.5) is 4.79 Å². The smallest absolute Gasteiger partial charge is 0.342 e. The average molecular weight is 335 g/mol. The first-order valence-corrected chi connectivity index (χ1v) is 8.45. The Kier molecular flexibility index (Phi) is 5.20. The lowest BCUT2D eigenvalue weighted by Crippen LogP contribution is -2.51. The molecule has 6 nitrogen and oxygen atoms in total. The maximum absolute atomic E-state index is 12.7. The molecule has 2 heterocycles. The summed E-state index contributed by atoms with van der Waals surface area (Å²) >= 11 is 4.36. The number of benzene rings is 1. The second-order valence-electron chi connectivity index (χ2n) is 5.70. The summed E-state index contributed by atoms with van der Waals surface area (Å²) in [6.45, 7) is 2.54. The second-order valence-corrected chi connectivity index (χ2v) is 6.06. The van der Waals surface area contributed by atoms with E-state index in [9.17, 15) is 9.59 Å². The zero-order chi connectivity index (χ0) is 16.2. The first-order chi connectivity index (χ1) is 11.2. The van der Waals surface area contributed by atoms with Crippen LogP contribution in [0, 0.1) is 0 Å². The Morgan fingerprint density at radius 3 is 2.48 bits per heavy atom. The van der Waals surface area contributed by atoms with E-state index in [2.05, 4.69) is 12.6 Å². The summed E-state index contributed by atoms with van der Waals surface area (Å²) in [5, 5.41) is 3.45. The van der Waals surface area contributed by atoms with Gasteiger partial charge < -0.3 is 4.74 Å². The van der Waals surface area contributed by atoms with Crippen LogP contribution in [0.1, 0.15) is 5.56 Å². The highest BCUT2D eigenvalue weighted by Crippen LogP contribution is 2.20. The minimum absolute atomic E-state index is 0.109. The van der Waals surface area contributed by atoms with Crippen LogP contribution in [0.25, 0.3) is 0 Å². The van der Waals surface area contributed by atoms with E-state index in [0.717, 1.165) is 5.56 Å². The van der Waals surface area contributed by atoms with Crippen molar-refractivity contribution in [2.24, 2.45) is 0 Å². The Morgan fingerprint density at radius 1 is 1.13 bits per heavy atom. The third-order valence-corrected chi connectivity index (χ3v) is 4.62. The minimum Gasteiger partial charge on any atom is -0.379 e. The molecule has 2 aliphatic heterocycles. The Hall–Kier alpha value is -1.57. The van der Waals surface area contributed by atoms with Crippen molar-refractivity contribution >= 4 is 24.6 Å². The number of carbonyl (C=O) groups excluding carboxylic acids is 2. The van der Waals surface area contributed by atoms with E-state index in [1.54, 1.807) is 5.01 Å². The van der Waals surface area contributed by atoms with Crippen molar-refractivity contribution in [1.29, 1.82) is 0 Å². The standard InChI is InChI=1S/C16H21N3O3S/c20-15-11-18(17-6-8-22-9-7-17)16(21)19(15)14(12-23)10-13-4-2-1-3-5-13/h1-5,14,23H,6-12H2. The predicted molar refractivity (Wildman–Crippen MR) is 89.1 cm³/mol. The Labute approximate surface area is 141 Å². The number of hydrazine groups is 1. The van der Waals surface area contributed by atoms with Crippen molar-refractivity contribution in [2.45, 2.75) is 12.5 Å². The van der Waals surface area contributed by atoms with Gasteiger partial charge in [-0.3, -0.25) is 9.69 Å². The highest BCUT2D eigenvalue weighted by Gasteiger charge is 2.42. The normalized spacial score (nSPS) is 21.1. The fourth-order valence-corrected chi connectivity index (χ4v) is 3.29. The molecular formula is C16H21N3O3S. The zero-order valence-electron chi connectivity index (χ0n) is 12.9. The number of rotatable bonds is 5. The van der Waals surface area contributed by atoms with Gasteiger partial charge in [0.1, 0.15) is 6.54 Å². The molecule has 2 fully saturated rings. The number of ether oxygens (including phenoxy) is 1. The lowest BCUT2D eigenvalue weighted by atomic mass is 10.1. The van der Waals surface area contributed by atoms with Crippen molar-refractivity contribution in [3.63, 3.8) is 0 Å². The molecular weight excluding hydrogens is 314 g/mol. The van der Waals surface area contributed by atoms with E-state index in [1.165, 1.54) is 4.90 Å². The van der Waals surface area contributed by atoms with Gasteiger partial charge in [0.2, 0.25) is 0 Å². The van der Waals surface area contributed by atoms with Gasteiger partial charge in [-0.2, -0.15) is 12.6 Å². The minimum atomic E-state index is -0.244. The lowest BCUT2D eigenvalue weighted by Gasteiger charge is -2.34. The Morgan fingerprint density at radius 2 is 1.83 bits per heavy atom. The molecule has 7 heteroatoms. The van der Waals surface area contributed by atoms with Gasteiger partial charge in [-0.05, 0) is 12.0 Å². The summed E-state index contributed by atoms with van der Waals surface area (Å²) < 4.78 is 5.31. The van der Waals surface area contributed by atoms with Gasteiger partial charge in [-0.1, -0.05) is 30.3 Å². The van der Waals surface area contributed by atoms with E-state index in [4.69, 9.17) is 4.74 Å². The van der Waals surface area contributed by atoms with Crippen molar-refractivity contribution < 1.29 is 14.3 Å². The van der Waals surface area contributed by atoms with E-state index < -0.39 is 0 Å². The highest BCUT2D eigenvalue weighted by molar-refractivity contribution is 7.80. The number of amides is 3. The van der Waals surface area contributed by atoms with Gasteiger partial charge in [0, 0.05) is 18.8 Å².